The number of fused-ring (bicyclic) bond motifs is 4. The third kappa shape index (κ3) is 3.79. The summed E-state index contributed by atoms with van der Waals surface area (Å²) in [6.45, 7) is 11.4. The molecule has 0 spiro atoms. The minimum absolute atomic E-state index is 0.0953. The van der Waals surface area contributed by atoms with E-state index in [1.165, 1.54) is 22.3 Å². The second-order valence-corrected chi connectivity index (χ2v) is 9.81. The van der Waals surface area contributed by atoms with Gasteiger partial charge in [0.1, 0.15) is 0 Å². The van der Waals surface area contributed by atoms with Crippen LogP contribution in [0.5, 0.6) is 0 Å². The molecule has 1 aliphatic carbocycles. The molecule has 2 aliphatic rings. The van der Waals surface area contributed by atoms with Crippen LogP contribution in [0.25, 0.3) is 0 Å². The molecule has 1 aliphatic heterocycles. The third-order valence-corrected chi connectivity index (χ3v) is 7.67. The van der Waals surface area contributed by atoms with Gasteiger partial charge in [-0.3, -0.25) is 9.69 Å². The van der Waals surface area contributed by atoms with Gasteiger partial charge in [-0.05, 0) is 55.0 Å². The van der Waals surface area contributed by atoms with E-state index in [0.717, 1.165) is 38.0 Å². The zero-order valence-electron chi connectivity index (χ0n) is 19.2. The molecule has 1 fully saturated rings. The van der Waals surface area contributed by atoms with Gasteiger partial charge < -0.3 is 15.8 Å². The predicted molar refractivity (Wildman–Crippen MR) is 125 cm³/mol. The van der Waals surface area contributed by atoms with Gasteiger partial charge in [-0.15, -0.1) is 0 Å². The van der Waals surface area contributed by atoms with E-state index in [1.807, 2.05) is 24.3 Å². The van der Waals surface area contributed by atoms with E-state index < -0.39 is 5.54 Å². The molecule has 31 heavy (non-hydrogen) atoms. The number of aryl methyl sites for hydroxylation is 1. The van der Waals surface area contributed by atoms with E-state index in [4.69, 9.17) is 10.5 Å². The Bertz CT molecular complexity index is 943. The minimum Gasteiger partial charge on any atom is -0.373 e. The van der Waals surface area contributed by atoms with Crippen molar-refractivity contribution in [1.29, 1.82) is 0 Å². The first-order chi connectivity index (χ1) is 14.8. The van der Waals surface area contributed by atoms with Gasteiger partial charge in [-0.1, -0.05) is 50.2 Å². The zero-order valence-corrected chi connectivity index (χ0v) is 19.2. The summed E-state index contributed by atoms with van der Waals surface area (Å²) in [7, 11) is 0. The van der Waals surface area contributed by atoms with Gasteiger partial charge in [0.25, 0.3) is 0 Å². The number of anilines is 1. The maximum Gasteiger partial charge on any atom is 0.211 e. The van der Waals surface area contributed by atoms with Gasteiger partial charge in [-0.2, -0.15) is 0 Å². The number of nitrogens with zero attached hydrogens (tertiary/aromatic N) is 1. The number of benzene rings is 2. The average Bonchev–Trinajstić information content (AvgIpc) is 2.73. The molecule has 0 saturated carbocycles. The molecule has 5 heteroatoms. The molecule has 166 valence electrons. The quantitative estimate of drug-likeness (QED) is 0.664. The smallest absolute Gasteiger partial charge is 0.211 e. The van der Waals surface area contributed by atoms with Crippen LogP contribution < -0.4 is 11.1 Å². The third-order valence-electron chi connectivity index (χ3n) is 7.67. The summed E-state index contributed by atoms with van der Waals surface area (Å²) in [5.74, 6) is 0. The SMILES string of the molecule is Cc1ccc(NC=O)c2c1[C@@]1(N)CCN(C[C@H](C)OCc3ccccc3)[C@H](C2)C1(C)C. The molecule has 2 aromatic rings. The lowest BCUT2D eigenvalue weighted by molar-refractivity contribution is -0.105. The fourth-order valence-electron chi connectivity index (χ4n) is 5.79. The van der Waals surface area contributed by atoms with Gasteiger partial charge in [0, 0.05) is 35.8 Å². The summed E-state index contributed by atoms with van der Waals surface area (Å²) in [6, 6.07) is 14.7. The standard InChI is InChI=1S/C26H35N3O2/c1-18-10-11-22(28-17-30)21-14-23-25(3,4)26(27,24(18)21)12-13-29(23)15-19(2)31-16-20-8-6-5-7-9-20/h5-11,17,19,23H,12-16,27H2,1-4H3,(H,28,30)/t19-,23+,26-/m0/s1. The summed E-state index contributed by atoms with van der Waals surface area (Å²) < 4.78 is 6.18. The van der Waals surface area contributed by atoms with Crippen LogP contribution >= 0.6 is 0 Å². The Morgan fingerprint density at radius 2 is 2.00 bits per heavy atom. The number of amides is 1. The highest BCUT2D eigenvalue weighted by atomic mass is 16.5. The van der Waals surface area contributed by atoms with Gasteiger partial charge in [-0.25, -0.2) is 0 Å². The Morgan fingerprint density at radius 1 is 1.26 bits per heavy atom. The molecular formula is C26H35N3O2. The Labute approximate surface area is 186 Å². The van der Waals surface area contributed by atoms with Gasteiger partial charge in [0.05, 0.1) is 12.7 Å². The van der Waals surface area contributed by atoms with Crippen LogP contribution in [-0.2, 0) is 28.1 Å². The topological polar surface area (TPSA) is 67.6 Å². The van der Waals surface area contributed by atoms with E-state index in [1.54, 1.807) is 0 Å². The molecule has 3 N–H and O–H groups in total. The minimum atomic E-state index is -0.416. The summed E-state index contributed by atoms with van der Waals surface area (Å²) in [5, 5.41) is 2.91. The van der Waals surface area contributed by atoms with Gasteiger partial charge in [0.2, 0.25) is 6.41 Å². The van der Waals surface area contributed by atoms with Crippen LogP contribution in [-0.4, -0.2) is 36.5 Å². The highest BCUT2D eigenvalue weighted by Crippen LogP contribution is 2.55. The number of carbonyl (C=O) groups excluding carboxylic acids is 1. The molecule has 1 saturated heterocycles. The van der Waals surface area contributed by atoms with Crippen molar-refractivity contribution in [1.82, 2.24) is 4.90 Å². The lowest BCUT2D eigenvalue weighted by atomic mass is 9.54. The molecule has 0 aromatic heterocycles. The van der Waals surface area contributed by atoms with Crippen molar-refractivity contribution in [3.05, 3.63) is 64.7 Å². The van der Waals surface area contributed by atoms with Crippen molar-refractivity contribution in [3.8, 4) is 0 Å². The van der Waals surface area contributed by atoms with Crippen LogP contribution in [0.2, 0.25) is 0 Å². The van der Waals surface area contributed by atoms with Crippen LogP contribution in [0.3, 0.4) is 0 Å². The molecular weight excluding hydrogens is 386 g/mol. The molecule has 3 atom stereocenters. The number of hydrogen-bond donors (Lipinski definition) is 2. The summed E-state index contributed by atoms with van der Waals surface area (Å²) in [4.78, 5) is 13.8. The highest BCUT2D eigenvalue weighted by molar-refractivity contribution is 5.75. The van der Waals surface area contributed by atoms with Gasteiger partial charge >= 0.3 is 0 Å². The Hall–Kier alpha value is -2.21. The van der Waals surface area contributed by atoms with Gasteiger partial charge in [0.15, 0.2) is 0 Å². The lowest BCUT2D eigenvalue weighted by Gasteiger charge is -2.61. The molecule has 1 amide bonds. The largest absolute Gasteiger partial charge is 0.373 e. The van der Waals surface area contributed by atoms with E-state index in [9.17, 15) is 4.79 Å². The molecule has 0 unspecified atom stereocenters. The lowest BCUT2D eigenvalue weighted by Crippen LogP contribution is -2.69. The molecule has 5 nitrogen and oxygen atoms in total. The average molecular weight is 422 g/mol. The number of nitrogens with two attached hydrogens (primary N) is 1. The molecule has 2 bridgehead atoms. The second kappa shape index (κ2) is 8.38. The maximum atomic E-state index is 11.2. The summed E-state index contributed by atoms with van der Waals surface area (Å²) in [6.07, 6.45) is 2.65. The Balaban J connectivity index is 1.58. The Morgan fingerprint density at radius 3 is 2.71 bits per heavy atom. The first-order valence-electron chi connectivity index (χ1n) is 11.3. The second-order valence-electron chi connectivity index (χ2n) is 9.81. The van der Waals surface area contributed by atoms with Crippen molar-refractivity contribution in [2.24, 2.45) is 11.1 Å². The first-order valence-corrected chi connectivity index (χ1v) is 11.3. The number of hydrogen-bond acceptors (Lipinski definition) is 4. The predicted octanol–water partition coefficient (Wildman–Crippen LogP) is 3.98. The Kier molecular flexibility index (Phi) is 5.95. The van der Waals surface area contributed by atoms with Crippen molar-refractivity contribution < 1.29 is 9.53 Å². The maximum absolute atomic E-state index is 11.2. The number of piperidine rings is 1. The highest BCUT2D eigenvalue weighted by Gasteiger charge is 2.57. The number of carbonyl (C=O) groups is 1. The molecule has 4 rings (SSSR count). The van der Waals surface area contributed by atoms with Crippen LogP contribution in [0.1, 0.15) is 49.4 Å². The fraction of sp³-hybridized carbons (Fsp3) is 0.500. The molecule has 1 heterocycles. The van der Waals surface area contributed by atoms with Crippen LogP contribution in [0.15, 0.2) is 42.5 Å². The summed E-state index contributed by atoms with van der Waals surface area (Å²) >= 11 is 0. The number of ether oxygens (including phenoxy) is 1. The van der Waals surface area contributed by atoms with E-state index in [-0.39, 0.29) is 17.6 Å². The van der Waals surface area contributed by atoms with Crippen molar-refractivity contribution in [2.45, 2.75) is 64.8 Å². The number of nitrogens with one attached hydrogen (secondary N) is 1. The number of rotatable bonds is 7. The van der Waals surface area contributed by atoms with E-state index >= 15 is 0 Å². The number of likely N-dealkylation sites (tertiary alicyclic amines) is 1. The fourth-order valence-corrected chi connectivity index (χ4v) is 5.79. The van der Waals surface area contributed by atoms with Crippen LogP contribution in [0, 0.1) is 12.3 Å². The zero-order chi connectivity index (χ0) is 22.2. The first kappa shape index (κ1) is 22.0. The van der Waals surface area contributed by atoms with Crippen molar-refractivity contribution >= 4 is 12.1 Å². The van der Waals surface area contributed by atoms with Crippen molar-refractivity contribution in [3.63, 3.8) is 0 Å². The van der Waals surface area contributed by atoms with E-state index in [0.29, 0.717) is 6.61 Å². The molecule has 2 aromatic carbocycles. The van der Waals surface area contributed by atoms with E-state index in [2.05, 4.69) is 56.1 Å². The normalized spacial score (nSPS) is 25.5. The van der Waals surface area contributed by atoms with Crippen LogP contribution in [0.4, 0.5) is 5.69 Å². The molecule has 0 radical (unpaired) electrons. The summed E-state index contributed by atoms with van der Waals surface area (Å²) in [5.41, 5.74) is 12.4. The monoisotopic (exact) mass is 421 g/mol. The van der Waals surface area contributed by atoms with Crippen molar-refractivity contribution in [2.75, 3.05) is 18.4 Å².